The molecule has 1 aromatic heterocycles. The SMILES string of the molecule is CC(C)Oc1cccc(CN2CCC[C@@H](Cn3cncn3)C2)c1. The smallest absolute Gasteiger partial charge is 0.137 e. The number of piperidine rings is 1. The van der Waals surface area contributed by atoms with Crippen molar-refractivity contribution >= 4 is 0 Å². The van der Waals surface area contributed by atoms with Crippen LogP contribution >= 0.6 is 0 Å². The number of rotatable bonds is 6. The van der Waals surface area contributed by atoms with Gasteiger partial charge in [0, 0.05) is 19.6 Å². The first kappa shape index (κ1) is 16.0. The third-order valence-electron chi connectivity index (χ3n) is 4.19. The van der Waals surface area contributed by atoms with E-state index >= 15 is 0 Å². The van der Waals surface area contributed by atoms with Crippen LogP contribution in [0.15, 0.2) is 36.9 Å². The molecular weight excluding hydrogens is 288 g/mol. The van der Waals surface area contributed by atoms with Gasteiger partial charge < -0.3 is 4.74 Å². The summed E-state index contributed by atoms with van der Waals surface area (Å²) in [5.41, 5.74) is 1.32. The van der Waals surface area contributed by atoms with E-state index in [1.807, 2.05) is 17.1 Å². The summed E-state index contributed by atoms with van der Waals surface area (Å²) < 4.78 is 7.75. The summed E-state index contributed by atoms with van der Waals surface area (Å²) in [5.74, 6) is 1.62. The maximum atomic E-state index is 5.80. The number of likely N-dealkylation sites (tertiary alicyclic amines) is 1. The molecule has 0 bridgehead atoms. The van der Waals surface area contributed by atoms with Crippen molar-refractivity contribution < 1.29 is 4.74 Å². The standard InChI is InChI=1S/C18H26N4O/c1-15(2)23-18-7-3-5-16(9-18)10-21-8-4-6-17(11-21)12-22-14-19-13-20-22/h3,5,7,9,13-15,17H,4,6,8,10-12H2,1-2H3/t17-/m1/s1. The molecule has 0 saturated carbocycles. The van der Waals surface area contributed by atoms with E-state index in [9.17, 15) is 0 Å². The van der Waals surface area contributed by atoms with E-state index in [2.05, 4.69) is 47.0 Å². The lowest BCUT2D eigenvalue weighted by Crippen LogP contribution is -2.36. The zero-order valence-electron chi connectivity index (χ0n) is 14.1. The first-order chi connectivity index (χ1) is 11.2. The molecule has 2 heterocycles. The van der Waals surface area contributed by atoms with Crippen molar-refractivity contribution in [3.63, 3.8) is 0 Å². The molecule has 5 heteroatoms. The molecule has 1 saturated heterocycles. The molecule has 1 aliphatic rings. The molecule has 0 spiro atoms. The number of nitrogens with zero attached hydrogens (tertiary/aromatic N) is 4. The van der Waals surface area contributed by atoms with Crippen molar-refractivity contribution in [2.24, 2.45) is 5.92 Å². The van der Waals surface area contributed by atoms with Gasteiger partial charge in [-0.3, -0.25) is 9.58 Å². The fourth-order valence-electron chi connectivity index (χ4n) is 3.28. The molecule has 2 aromatic rings. The Bertz CT molecular complexity index is 597. The highest BCUT2D eigenvalue weighted by molar-refractivity contribution is 5.28. The Labute approximate surface area is 138 Å². The maximum absolute atomic E-state index is 5.80. The largest absolute Gasteiger partial charge is 0.491 e. The van der Waals surface area contributed by atoms with Crippen molar-refractivity contribution in [2.75, 3.05) is 13.1 Å². The summed E-state index contributed by atoms with van der Waals surface area (Å²) in [5, 5.41) is 4.23. The molecule has 0 amide bonds. The van der Waals surface area contributed by atoms with Gasteiger partial charge in [-0.25, -0.2) is 4.98 Å². The van der Waals surface area contributed by atoms with E-state index in [0.29, 0.717) is 5.92 Å². The zero-order valence-corrected chi connectivity index (χ0v) is 14.1. The van der Waals surface area contributed by atoms with Crippen molar-refractivity contribution in [1.29, 1.82) is 0 Å². The maximum Gasteiger partial charge on any atom is 0.137 e. The first-order valence-corrected chi connectivity index (χ1v) is 8.49. The van der Waals surface area contributed by atoms with Crippen LogP contribution in [0.25, 0.3) is 0 Å². The predicted molar refractivity (Wildman–Crippen MR) is 90.2 cm³/mol. The third-order valence-corrected chi connectivity index (χ3v) is 4.19. The van der Waals surface area contributed by atoms with Crippen molar-refractivity contribution in [2.45, 2.75) is 45.9 Å². The van der Waals surface area contributed by atoms with Crippen molar-refractivity contribution in [1.82, 2.24) is 19.7 Å². The molecule has 1 atom stereocenters. The summed E-state index contributed by atoms with van der Waals surface area (Å²) in [6.07, 6.45) is 6.16. The van der Waals surface area contributed by atoms with Gasteiger partial charge in [0.05, 0.1) is 6.10 Å². The number of hydrogen-bond acceptors (Lipinski definition) is 4. The molecule has 3 rings (SSSR count). The number of benzene rings is 1. The van der Waals surface area contributed by atoms with Gasteiger partial charge in [0.2, 0.25) is 0 Å². The van der Waals surface area contributed by atoms with Crippen LogP contribution in [0.5, 0.6) is 5.75 Å². The predicted octanol–water partition coefficient (Wildman–Crippen LogP) is 2.98. The van der Waals surface area contributed by atoms with E-state index in [1.165, 1.54) is 24.9 Å². The van der Waals surface area contributed by atoms with Crippen LogP contribution in [0.2, 0.25) is 0 Å². The lowest BCUT2D eigenvalue weighted by Gasteiger charge is -2.32. The summed E-state index contributed by atoms with van der Waals surface area (Å²) in [4.78, 5) is 6.57. The summed E-state index contributed by atoms with van der Waals surface area (Å²) in [6.45, 7) is 8.37. The fourth-order valence-corrected chi connectivity index (χ4v) is 3.28. The highest BCUT2D eigenvalue weighted by Gasteiger charge is 2.20. The second-order valence-corrected chi connectivity index (χ2v) is 6.67. The van der Waals surface area contributed by atoms with Crippen LogP contribution in [-0.4, -0.2) is 38.9 Å². The molecule has 5 nitrogen and oxygen atoms in total. The van der Waals surface area contributed by atoms with Crippen LogP contribution in [0, 0.1) is 5.92 Å². The molecular formula is C18H26N4O. The highest BCUT2D eigenvalue weighted by atomic mass is 16.5. The topological polar surface area (TPSA) is 43.2 Å². The van der Waals surface area contributed by atoms with E-state index in [-0.39, 0.29) is 6.10 Å². The zero-order chi connectivity index (χ0) is 16.1. The van der Waals surface area contributed by atoms with Crippen LogP contribution in [0.3, 0.4) is 0 Å². The van der Waals surface area contributed by atoms with E-state index in [0.717, 1.165) is 25.4 Å². The van der Waals surface area contributed by atoms with Crippen LogP contribution in [-0.2, 0) is 13.1 Å². The molecule has 0 radical (unpaired) electrons. The average Bonchev–Trinajstić information content (AvgIpc) is 3.00. The fraction of sp³-hybridized carbons (Fsp3) is 0.556. The van der Waals surface area contributed by atoms with Crippen LogP contribution < -0.4 is 4.74 Å². The minimum Gasteiger partial charge on any atom is -0.491 e. The number of hydrogen-bond donors (Lipinski definition) is 0. The third kappa shape index (κ3) is 4.79. The molecule has 1 aliphatic heterocycles. The Kier molecular flexibility index (Phi) is 5.28. The number of aromatic nitrogens is 3. The second kappa shape index (κ2) is 7.59. The van der Waals surface area contributed by atoms with Gasteiger partial charge >= 0.3 is 0 Å². The van der Waals surface area contributed by atoms with Gasteiger partial charge in [0.25, 0.3) is 0 Å². The molecule has 1 aromatic carbocycles. The summed E-state index contributed by atoms with van der Waals surface area (Å²) >= 11 is 0. The van der Waals surface area contributed by atoms with Gasteiger partial charge in [-0.05, 0) is 56.8 Å². The minimum absolute atomic E-state index is 0.215. The highest BCUT2D eigenvalue weighted by Crippen LogP contribution is 2.22. The summed E-state index contributed by atoms with van der Waals surface area (Å²) in [7, 11) is 0. The second-order valence-electron chi connectivity index (χ2n) is 6.67. The molecule has 0 unspecified atom stereocenters. The Balaban J connectivity index is 1.57. The quantitative estimate of drug-likeness (QED) is 0.822. The van der Waals surface area contributed by atoms with Gasteiger partial charge in [-0.15, -0.1) is 0 Å². The molecule has 1 fully saturated rings. The van der Waals surface area contributed by atoms with E-state index in [4.69, 9.17) is 4.74 Å². The van der Waals surface area contributed by atoms with E-state index < -0.39 is 0 Å². The molecule has 124 valence electrons. The Morgan fingerprint density at radius 3 is 3.04 bits per heavy atom. The Hall–Kier alpha value is -1.88. The lowest BCUT2D eigenvalue weighted by molar-refractivity contribution is 0.153. The Morgan fingerprint density at radius 1 is 1.35 bits per heavy atom. The molecule has 23 heavy (non-hydrogen) atoms. The molecule has 0 N–H and O–H groups in total. The van der Waals surface area contributed by atoms with Crippen LogP contribution in [0.4, 0.5) is 0 Å². The summed E-state index contributed by atoms with van der Waals surface area (Å²) in [6, 6.07) is 8.48. The normalized spacial score (nSPS) is 19.2. The van der Waals surface area contributed by atoms with Crippen molar-refractivity contribution in [3.05, 3.63) is 42.5 Å². The van der Waals surface area contributed by atoms with E-state index in [1.54, 1.807) is 6.33 Å². The lowest BCUT2D eigenvalue weighted by atomic mass is 9.97. The first-order valence-electron chi connectivity index (χ1n) is 8.49. The van der Waals surface area contributed by atoms with Gasteiger partial charge in [-0.1, -0.05) is 12.1 Å². The van der Waals surface area contributed by atoms with Crippen LogP contribution in [0.1, 0.15) is 32.3 Å². The minimum atomic E-state index is 0.215. The average molecular weight is 314 g/mol. The van der Waals surface area contributed by atoms with Gasteiger partial charge in [0.1, 0.15) is 18.4 Å². The number of ether oxygens (including phenoxy) is 1. The van der Waals surface area contributed by atoms with Gasteiger partial charge in [-0.2, -0.15) is 5.10 Å². The van der Waals surface area contributed by atoms with Crippen molar-refractivity contribution in [3.8, 4) is 5.75 Å². The molecule has 0 aliphatic carbocycles. The Morgan fingerprint density at radius 2 is 2.26 bits per heavy atom. The monoisotopic (exact) mass is 314 g/mol. The van der Waals surface area contributed by atoms with Gasteiger partial charge in [0.15, 0.2) is 0 Å².